The monoisotopic (exact) mass is 158 g/mol. The first-order valence-electron chi connectivity index (χ1n) is 2.31. The van der Waals surface area contributed by atoms with E-state index < -0.39 is 0 Å². The first kappa shape index (κ1) is 8.78. The lowest BCUT2D eigenvalue weighted by molar-refractivity contribution is -0.109. The molecule has 6 heteroatoms. The SMILES string of the molecule is N#CSC(=O)CN=C(N)N. The summed E-state index contributed by atoms with van der Waals surface area (Å²) in [5, 5.41) is 9.23. The van der Waals surface area contributed by atoms with Crippen LogP contribution in [0.3, 0.4) is 0 Å². The Morgan fingerprint density at radius 1 is 1.70 bits per heavy atom. The van der Waals surface area contributed by atoms with Crippen LogP contribution in [0.2, 0.25) is 0 Å². The molecule has 0 aliphatic carbocycles. The number of guanidine groups is 1. The van der Waals surface area contributed by atoms with E-state index in [1.807, 2.05) is 0 Å². The first-order chi connectivity index (χ1) is 4.66. The van der Waals surface area contributed by atoms with Gasteiger partial charge in [0.15, 0.2) is 5.96 Å². The highest BCUT2D eigenvalue weighted by molar-refractivity contribution is 8.17. The molecular weight excluding hydrogens is 152 g/mol. The fourth-order valence-electron chi connectivity index (χ4n) is 0.239. The van der Waals surface area contributed by atoms with E-state index in [1.54, 1.807) is 5.40 Å². The summed E-state index contributed by atoms with van der Waals surface area (Å²) in [6.07, 6.45) is 0. The molecule has 0 aromatic carbocycles. The summed E-state index contributed by atoms with van der Waals surface area (Å²) < 4.78 is 0. The van der Waals surface area contributed by atoms with Crippen molar-refractivity contribution in [2.24, 2.45) is 16.5 Å². The number of nitriles is 1. The van der Waals surface area contributed by atoms with Gasteiger partial charge in [-0.05, 0) is 0 Å². The fourth-order valence-corrected chi connectivity index (χ4v) is 0.470. The van der Waals surface area contributed by atoms with Gasteiger partial charge in [-0.15, -0.1) is 0 Å². The predicted octanol–water partition coefficient (Wildman–Crippen LogP) is -0.999. The number of carbonyl (C=O) groups is 1. The Morgan fingerprint density at radius 2 is 2.30 bits per heavy atom. The van der Waals surface area contributed by atoms with Gasteiger partial charge in [-0.25, -0.2) is 4.99 Å². The topological polar surface area (TPSA) is 105 Å². The summed E-state index contributed by atoms with van der Waals surface area (Å²) >= 11 is 0.522. The molecule has 0 spiro atoms. The Morgan fingerprint density at radius 3 is 2.70 bits per heavy atom. The molecule has 0 aromatic rings. The van der Waals surface area contributed by atoms with E-state index in [1.165, 1.54) is 0 Å². The van der Waals surface area contributed by atoms with Crippen molar-refractivity contribution in [3.8, 4) is 5.40 Å². The summed E-state index contributed by atoms with van der Waals surface area (Å²) in [5.41, 5.74) is 9.84. The molecule has 0 rings (SSSR count). The molecule has 0 aromatic heterocycles. The Balaban J connectivity index is 3.62. The van der Waals surface area contributed by atoms with E-state index in [0.29, 0.717) is 11.8 Å². The third-order valence-electron chi connectivity index (χ3n) is 0.550. The first-order valence-corrected chi connectivity index (χ1v) is 3.12. The van der Waals surface area contributed by atoms with Crippen LogP contribution in [0.4, 0.5) is 0 Å². The Kier molecular flexibility index (Phi) is 4.07. The summed E-state index contributed by atoms with van der Waals surface area (Å²) in [7, 11) is 0. The van der Waals surface area contributed by atoms with E-state index in [2.05, 4.69) is 4.99 Å². The molecule has 0 saturated carbocycles. The van der Waals surface area contributed by atoms with Gasteiger partial charge in [0.25, 0.3) is 0 Å². The van der Waals surface area contributed by atoms with Crippen LogP contribution in [0.25, 0.3) is 0 Å². The highest BCUT2D eigenvalue weighted by atomic mass is 32.2. The molecule has 0 aliphatic heterocycles. The molecule has 0 saturated heterocycles. The average molecular weight is 158 g/mol. The quantitative estimate of drug-likeness (QED) is 0.304. The molecule has 0 bridgehead atoms. The number of nitrogens with two attached hydrogens (primary N) is 2. The third kappa shape index (κ3) is 4.93. The second-order valence-corrected chi connectivity index (χ2v) is 2.15. The number of aliphatic imine (C=N–C) groups is 1. The second-order valence-electron chi connectivity index (χ2n) is 1.31. The Labute approximate surface area is 62.1 Å². The van der Waals surface area contributed by atoms with Gasteiger partial charge in [0.2, 0.25) is 5.12 Å². The number of hydrogen-bond donors (Lipinski definition) is 2. The number of nitrogens with zero attached hydrogens (tertiary/aromatic N) is 2. The number of thiocyanates is 1. The predicted molar refractivity (Wildman–Crippen MR) is 38.9 cm³/mol. The van der Waals surface area contributed by atoms with Crippen molar-refractivity contribution in [2.75, 3.05) is 6.54 Å². The van der Waals surface area contributed by atoms with Crippen LogP contribution in [-0.4, -0.2) is 17.6 Å². The van der Waals surface area contributed by atoms with Gasteiger partial charge in [-0.2, -0.15) is 5.26 Å². The van der Waals surface area contributed by atoms with Crippen LogP contribution in [0.5, 0.6) is 0 Å². The largest absolute Gasteiger partial charge is 0.370 e. The zero-order valence-corrected chi connectivity index (χ0v) is 5.89. The normalized spacial score (nSPS) is 7.90. The lowest BCUT2D eigenvalue weighted by Gasteiger charge is -1.88. The van der Waals surface area contributed by atoms with Crippen LogP contribution in [0.15, 0.2) is 4.99 Å². The molecule has 54 valence electrons. The molecular formula is C4H6N4OS. The fraction of sp³-hybridized carbons (Fsp3) is 0.250. The number of thioether (sulfide) groups is 1. The standard InChI is InChI=1S/C4H6N4OS/c5-2-10-3(9)1-8-4(6)7/h1H2,(H4,6,7,8). The van der Waals surface area contributed by atoms with Gasteiger partial charge in [-0.1, -0.05) is 0 Å². The van der Waals surface area contributed by atoms with Crippen LogP contribution in [0.1, 0.15) is 0 Å². The summed E-state index contributed by atoms with van der Waals surface area (Å²) in [5.74, 6) is -0.146. The molecule has 0 amide bonds. The minimum absolute atomic E-state index is 0.138. The summed E-state index contributed by atoms with van der Waals surface area (Å²) in [6.45, 7) is -0.138. The Hall–Kier alpha value is -1.22. The number of carbonyl (C=O) groups excluding carboxylic acids is 1. The molecule has 0 heterocycles. The maximum Gasteiger partial charge on any atom is 0.224 e. The molecule has 10 heavy (non-hydrogen) atoms. The van der Waals surface area contributed by atoms with Gasteiger partial charge in [0, 0.05) is 11.8 Å². The highest BCUT2D eigenvalue weighted by Crippen LogP contribution is 1.96. The third-order valence-corrected chi connectivity index (χ3v) is 0.998. The average Bonchev–Trinajstić information content (AvgIpc) is 1.85. The van der Waals surface area contributed by atoms with Crippen LogP contribution >= 0.6 is 11.8 Å². The van der Waals surface area contributed by atoms with Crippen LogP contribution < -0.4 is 11.5 Å². The van der Waals surface area contributed by atoms with Crippen molar-refractivity contribution in [3.63, 3.8) is 0 Å². The van der Waals surface area contributed by atoms with E-state index in [-0.39, 0.29) is 17.6 Å². The van der Waals surface area contributed by atoms with Crippen molar-refractivity contribution in [3.05, 3.63) is 0 Å². The maximum absolute atomic E-state index is 10.5. The van der Waals surface area contributed by atoms with Gasteiger partial charge < -0.3 is 11.5 Å². The van der Waals surface area contributed by atoms with E-state index in [9.17, 15) is 4.79 Å². The van der Waals surface area contributed by atoms with Crippen molar-refractivity contribution < 1.29 is 4.79 Å². The molecule has 0 fully saturated rings. The zero-order chi connectivity index (χ0) is 7.98. The molecule has 4 N–H and O–H groups in total. The second kappa shape index (κ2) is 4.64. The smallest absolute Gasteiger partial charge is 0.224 e. The molecule has 0 unspecified atom stereocenters. The van der Waals surface area contributed by atoms with E-state index in [0.717, 1.165) is 0 Å². The summed E-state index contributed by atoms with van der Waals surface area (Å²) in [4.78, 5) is 13.9. The van der Waals surface area contributed by atoms with Crippen LogP contribution in [-0.2, 0) is 4.79 Å². The minimum Gasteiger partial charge on any atom is -0.370 e. The van der Waals surface area contributed by atoms with Gasteiger partial charge in [0.05, 0.1) is 0 Å². The van der Waals surface area contributed by atoms with Gasteiger partial charge in [-0.3, -0.25) is 4.79 Å². The molecule has 0 radical (unpaired) electrons. The minimum atomic E-state index is -0.365. The number of rotatable bonds is 2. The molecule has 0 aliphatic rings. The molecule has 5 nitrogen and oxygen atoms in total. The lowest BCUT2D eigenvalue weighted by Crippen LogP contribution is -2.23. The van der Waals surface area contributed by atoms with E-state index in [4.69, 9.17) is 16.7 Å². The lowest BCUT2D eigenvalue weighted by atomic mass is 10.7. The van der Waals surface area contributed by atoms with Crippen molar-refractivity contribution in [2.45, 2.75) is 0 Å². The highest BCUT2D eigenvalue weighted by Gasteiger charge is 1.98. The molecule has 0 atom stereocenters. The zero-order valence-electron chi connectivity index (χ0n) is 5.07. The van der Waals surface area contributed by atoms with Gasteiger partial charge >= 0.3 is 0 Å². The maximum atomic E-state index is 10.5. The van der Waals surface area contributed by atoms with E-state index >= 15 is 0 Å². The van der Waals surface area contributed by atoms with Gasteiger partial charge in [0.1, 0.15) is 11.9 Å². The number of hydrogen-bond acceptors (Lipinski definition) is 4. The van der Waals surface area contributed by atoms with Crippen molar-refractivity contribution in [1.82, 2.24) is 0 Å². The van der Waals surface area contributed by atoms with Crippen LogP contribution in [0, 0.1) is 10.7 Å². The van der Waals surface area contributed by atoms with Crippen molar-refractivity contribution >= 4 is 22.8 Å². The Bertz CT molecular complexity index is 190. The summed E-state index contributed by atoms with van der Waals surface area (Å²) in [6, 6.07) is 0. The van der Waals surface area contributed by atoms with Crippen molar-refractivity contribution in [1.29, 1.82) is 5.26 Å².